The zero-order chi connectivity index (χ0) is 14.6. The Morgan fingerprint density at radius 1 is 1.42 bits per heavy atom. The predicted octanol–water partition coefficient (Wildman–Crippen LogP) is 2.47. The molecule has 108 valence electrons. The summed E-state index contributed by atoms with van der Waals surface area (Å²) in [5.74, 6) is 0.318. The second-order valence-electron chi connectivity index (χ2n) is 4.76. The van der Waals surface area contributed by atoms with E-state index < -0.39 is 10.0 Å². The molecular formula is C13H21ClN2O2S. The SMILES string of the molecule is CCC(C)CN(C)S(=O)(=O)c1ccc(CN)c(Cl)c1. The molecule has 0 aromatic heterocycles. The Morgan fingerprint density at radius 3 is 2.53 bits per heavy atom. The van der Waals surface area contributed by atoms with E-state index in [4.69, 9.17) is 17.3 Å². The summed E-state index contributed by atoms with van der Waals surface area (Å²) in [6.45, 7) is 4.85. The second-order valence-corrected chi connectivity index (χ2v) is 7.21. The predicted molar refractivity (Wildman–Crippen MR) is 78.6 cm³/mol. The van der Waals surface area contributed by atoms with Crippen LogP contribution in [0.25, 0.3) is 0 Å². The van der Waals surface area contributed by atoms with Crippen molar-refractivity contribution in [3.8, 4) is 0 Å². The third-order valence-electron chi connectivity index (χ3n) is 3.22. The minimum absolute atomic E-state index is 0.209. The fourth-order valence-electron chi connectivity index (χ4n) is 1.70. The van der Waals surface area contributed by atoms with E-state index in [1.54, 1.807) is 19.2 Å². The van der Waals surface area contributed by atoms with Crippen LogP contribution in [-0.2, 0) is 16.6 Å². The second kappa shape index (κ2) is 6.70. The first-order valence-electron chi connectivity index (χ1n) is 6.27. The zero-order valence-corrected chi connectivity index (χ0v) is 13.1. The zero-order valence-electron chi connectivity index (χ0n) is 11.6. The third kappa shape index (κ3) is 3.92. The summed E-state index contributed by atoms with van der Waals surface area (Å²) < 4.78 is 26.1. The average Bonchev–Trinajstić information content (AvgIpc) is 2.38. The molecule has 1 atom stereocenters. The highest BCUT2D eigenvalue weighted by atomic mass is 35.5. The highest BCUT2D eigenvalue weighted by molar-refractivity contribution is 7.89. The first-order chi connectivity index (χ1) is 8.82. The van der Waals surface area contributed by atoms with Crippen LogP contribution in [0.1, 0.15) is 25.8 Å². The quantitative estimate of drug-likeness (QED) is 0.878. The number of rotatable bonds is 6. The minimum atomic E-state index is -3.48. The van der Waals surface area contributed by atoms with Crippen LogP contribution in [0, 0.1) is 5.92 Å². The molecule has 0 aliphatic rings. The Kier molecular flexibility index (Phi) is 5.80. The topological polar surface area (TPSA) is 63.4 Å². The molecule has 0 bridgehead atoms. The molecule has 2 N–H and O–H groups in total. The smallest absolute Gasteiger partial charge is 0.242 e. The molecule has 1 rings (SSSR count). The van der Waals surface area contributed by atoms with Gasteiger partial charge in [-0.1, -0.05) is 37.9 Å². The number of sulfonamides is 1. The lowest BCUT2D eigenvalue weighted by Gasteiger charge is -2.20. The van der Waals surface area contributed by atoms with E-state index in [9.17, 15) is 8.42 Å². The van der Waals surface area contributed by atoms with Gasteiger partial charge in [-0.2, -0.15) is 0 Å². The van der Waals surface area contributed by atoms with Gasteiger partial charge in [0.15, 0.2) is 0 Å². The molecule has 0 saturated heterocycles. The Bertz CT molecular complexity index is 531. The van der Waals surface area contributed by atoms with Crippen molar-refractivity contribution in [3.63, 3.8) is 0 Å². The van der Waals surface area contributed by atoms with Gasteiger partial charge >= 0.3 is 0 Å². The molecule has 19 heavy (non-hydrogen) atoms. The number of nitrogens with zero attached hydrogens (tertiary/aromatic N) is 1. The summed E-state index contributed by atoms with van der Waals surface area (Å²) in [6.07, 6.45) is 0.937. The number of nitrogens with two attached hydrogens (primary N) is 1. The van der Waals surface area contributed by atoms with Gasteiger partial charge in [-0.05, 0) is 23.6 Å². The first kappa shape index (κ1) is 16.4. The van der Waals surface area contributed by atoms with E-state index in [0.29, 0.717) is 24.0 Å². The van der Waals surface area contributed by atoms with Crippen LogP contribution in [0.3, 0.4) is 0 Å². The monoisotopic (exact) mass is 304 g/mol. The van der Waals surface area contributed by atoms with Gasteiger partial charge in [0.1, 0.15) is 0 Å². The molecule has 1 unspecified atom stereocenters. The van der Waals surface area contributed by atoms with Crippen molar-refractivity contribution in [1.82, 2.24) is 4.31 Å². The van der Waals surface area contributed by atoms with Crippen molar-refractivity contribution in [2.75, 3.05) is 13.6 Å². The van der Waals surface area contributed by atoms with Gasteiger partial charge in [-0.3, -0.25) is 0 Å². The lowest BCUT2D eigenvalue weighted by molar-refractivity contribution is 0.393. The minimum Gasteiger partial charge on any atom is -0.326 e. The van der Waals surface area contributed by atoms with Gasteiger partial charge < -0.3 is 5.73 Å². The largest absolute Gasteiger partial charge is 0.326 e. The lowest BCUT2D eigenvalue weighted by atomic mass is 10.1. The third-order valence-corrected chi connectivity index (χ3v) is 5.39. The Labute approximate surface area is 120 Å². The summed E-state index contributed by atoms with van der Waals surface area (Å²) in [4.78, 5) is 0.209. The fourth-order valence-corrected chi connectivity index (χ4v) is 3.34. The van der Waals surface area contributed by atoms with Gasteiger partial charge in [0.25, 0.3) is 0 Å². The Morgan fingerprint density at radius 2 is 2.05 bits per heavy atom. The van der Waals surface area contributed by atoms with E-state index in [0.717, 1.165) is 12.0 Å². The number of hydrogen-bond acceptors (Lipinski definition) is 3. The number of hydrogen-bond donors (Lipinski definition) is 1. The molecule has 0 radical (unpaired) electrons. The molecule has 4 nitrogen and oxygen atoms in total. The first-order valence-corrected chi connectivity index (χ1v) is 8.09. The van der Waals surface area contributed by atoms with Crippen LogP contribution < -0.4 is 5.73 Å². The Balaban J connectivity index is 3.03. The lowest BCUT2D eigenvalue weighted by Crippen LogP contribution is -2.31. The van der Waals surface area contributed by atoms with Crippen LogP contribution in [0.5, 0.6) is 0 Å². The van der Waals surface area contributed by atoms with Gasteiger partial charge in [0.05, 0.1) is 4.90 Å². The van der Waals surface area contributed by atoms with Crippen molar-refractivity contribution in [3.05, 3.63) is 28.8 Å². The van der Waals surface area contributed by atoms with Crippen LogP contribution in [0.2, 0.25) is 5.02 Å². The summed E-state index contributed by atoms with van der Waals surface area (Å²) in [6, 6.07) is 4.68. The molecular weight excluding hydrogens is 284 g/mol. The van der Waals surface area contributed by atoms with E-state index in [1.807, 2.05) is 13.8 Å². The standard InChI is InChI=1S/C13H21ClN2O2S/c1-4-10(2)9-16(3)19(17,18)12-6-5-11(8-15)13(14)7-12/h5-7,10H,4,8-9,15H2,1-3H3. The van der Waals surface area contributed by atoms with Crippen molar-refractivity contribution in [2.45, 2.75) is 31.7 Å². The highest BCUT2D eigenvalue weighted by Gasteiger charge is 2.22. The van der Waals surface area contributed by atoms with E-state index in [-0.39, 0.29) is 4.90 Å². The maximum absolute atomic E-state index is 12.4. The van der Waals surface area contributed by atoms with Gasteiger partial charge in [-0.15, -0.1) is 0 Å². The number of benzene rings is 1. The van der Waals surface area contributed by atoms with Crippen molar-refractivity contribution in [2.24, 2.45) is 11.7 Å². The average molecular weight is 305 g/mol. The molecule has 0 aliphatic carbocycles. The van der Waals surface area contributed by atoms with Crippen molar-refractivity contribution >= 4 is 21.6 Å². The highest BCUT2D eigenvalue weighted by Crippen LogP contribution is 2.23. The van der Waals surface area contributed by atoms with Crippen molar-refractivity contribution in [1.29, 1.82) is 0 Å². The van der Waals surface area contributed by atoms with Gasteiger partial charge in [-0.25, -0.2) is 12.7 Å². The summed E-state index contributed by atoms with van der Waals surface area (Å²) in [5.41, 5.74) is 6.25. The van der Waals surface area contributed by atoms with Crippen molar-refractivity contribution < 1.29 is 8.42 Å². The molecule has 1 aromatic rings. The molecule has 6 heteroatoms. The molecule has 0 amide bonds. The van der Waals surface area contributed by atoms with E-state index >= 15 is 0 Å². The van der Waals surface area contributed by atoms with Gasteiger partial charge in [0.2, 0.25) is 10.0 Å². The summed E-state index contributed by atoms with van der Waals surface area (Å²) in [7, 11) is -1.89. The Hall–Kier alpha value is -0.620. The summed E-state index contributed by atoms with van der Waals surface area (Å²) >= 11 is 6.01. The van der Waals surface area contributed by atoms with Crippen LogP contribution >= 0.6 is 11.6 Å². The normalized spacial score (nSPS) is 13.8. The van der Waals surface area contributed by atoms with Crippen LogP contribution in [0.15, 0.2) is 23.1 Å². The maximum atomic E-state index is 12.4. The van der Waals surface area contributed by atoms with E-state index in [2.05, 4.69) is 0 Å². The molecule has 0 spiro atoms. The van der Waals surface area contributed by atoms with E-state index in [1.165, 1.54) is 10.4 Å². The molecule has 0 saturated carbocycles. The molecule has 1 aromatic carbocycles. The molecule has 0 heterocycles. The fraction of sp³-hybridized carbons (Fsp3) is 0.538. The molecule has 0 fully saturated rings. The van der Waals surface area contributed by atoms with Gasteiger partial charge in [0, 0.05) is 25.2 Å². The number of halogens is 1. The van der Waals surface area contributed by atoms with Crippen LogP contribution in [-0.4, -0.2) is 26.3 Å². The van der Waals surface area contributed by atoms with Crippen LogP contribution in [0.4, 0.5) is 0 Å². The summed E-state index contributed by atoms with van der Waals surface area (Å²) in [5, 5.41) is 0.389. The molecule has 0 aliphatic heterocycles. The maximum Gasteiger partial charge on any atom is 0.242 e.